The van der Waals surface area contributed by atoms with Crippen molar-refractivity contribution in [1.29, 1.82) is 0 Å². The van der Waals surface area contributed by atoms with Crippen LogP contribution in [0.5, 0.6) is 0 Å². The lowest BCUT2D eigenvalue weighted by atomic mass is 10.1. The average molecular weight is 552 g/mol. The number of benzene rings is 3. The monoisotopic (exact) mass is 551 g/mol. The van der Waals surface area contributed by atoms with Gasteiger partial charge in [0.2, 0.25) is 0 Å². The maximum atomic E-state index is 13.5. The third kappa shape index (κ3) is 7.35. The standard InChI is InChI=1S/C31H31F2NO4S/c1-20-3-5-23(6-4-20)17-37-29-28(36-16-24-9-13-26(33)14-10-24)27(38-30(29)31-34-21(2)19-39-31)18-35-15-22-7-11-25(32)12-8-22/h3-14,19,27-30H,15-18H2,1-2H3/t27-,28-,29-,30-/m1/s1. The molecule has 0 amide bonds. The van der Waals surface area contributed by atoms with Crippen LogP contribution in [0.3, 0.4) is 0 Å². The highest BCUT2D eigenvalue weighted by Gasteiger charge is 2.48. The molecule has 0 unspecified atom stereocenters. The molecule has 1 aliphatic heterocycles. The first-order valence-electron chi connectivity index (χ1n) is 12.9. The van der Waals surface area contributed by atoms with Crippen LogP contribution in [-0.2, 0) is 38.8 Å². The van der Waals surface area contributed by atoms with E-state index in [4.69, 9.17) is 18.9 Å². The minimum Gasteiger partial charge on any atom is -0.374 e. The molecule has 1 aromatic heterocycles. The van der Waals surface area contributed by atoms with Crippen LogP contribution in [0, 0.1) is 25.5 Å². The second-order valence-electron chi connectivity index (χ2n) is 9.73. The van der Waals surface area contributed by atoms with E-state index in [0.29, 0.717) is 13.2 Å². The van der Waals surface area contributed by atoms with Gasteiger partial charge in [0.1, 0.15) is 41.1 Å². The molecule has 5 rings (SSSR count). The number of hydrogen-bond acceptors (Lipinski definition) is 6. The van der Waals surface area contributed by atoms with Crippen molar-refractivity contribution in [3.63, 3.8) is 0 Å². The first kappa shape index (κ1) is 27.6. The first-order chi connectivity index (χ1) is 18.9. The van der Waals surface area contributed by atoms with Crippen LogP contribution in [0.15, 0.2) is 78.2 Å². The maximum Gasteiger partial charge on any atom is 0.138 e. The molecule has 1 fully saturated rings. The first-order valence-corrected chi connectivity index (χ1v) is 13.8. The van der Waals surface area contributed by atoms with Crippen LogP contribution >= 0.6 is 11.3 Å². The Morgan fingerprint density at radius 2 is 1.28 bits per heavy atom. The SMILES string of the molecule is Cc1ccc(CO[C@@H]2[C@H](OCc3ccc(F)cc3)[C@@H](COCc3ccc(F)cc3)O[C@H]2c2nc(C)cs2)cc1. The van der Waals surface area contributed by atoms with Gasteiger partial charge in [0.25, 0.3) is 0 Å². The molecule has 1 saturated heterocycles. The molecule has 1 aliphatic rings. The summed E-state index contributed by atoms with van der Waals surface area (Å²) in [5, 5.41) is 2.81. The summed E-state index contributed by atoms with van der Waals surface area (Å²) in [5.41, 5.74) is 4.84. The summed E-state index contributed by atoms with van der Waals surface area (Å²) in [4.78, 5) is 4.68. The van der Waals surface area contributed by atoms with Crippen molar-refractivity contribution in [3.05, 3.63) is 123 Å². The van der Waals surface area contributed by atoms with Crippen molar-refractivity contribution >= 4 is 11.3 Å². The Labute approximate surface area is 231 Å². The Morgan fingerprint density at radius 3 is 1.85 bits per heavy atom. The van der Waals surface area contributed by atoms with E-state index in [1.165, 1.54) is 41.2 Å². The average Bonchev–Trinajstić information content (AvgIpc) is 3.52. The summed E-state index contributed by atoms with van der Waals surface area (Å²) in [6, 6.07) is 20.7. The van der Waals surface area contributed by atoms with Crippen LogP contribution in [0.2, 0.25) is 0 Å². The fourth-order valence-corrected chi connectivity index (χ4v) is 5.34. The molecule has 0 N–H and O–H groups in total. The van der Waals surface area contributed by atoms with Gasteiger partial charge in [-0.1, -0.05) is 54.1 Å². The highest BCUT2D eigenvalue weighted by Crippen LogP contribution is 2.39. The van der Waals surface area contributed by atoms with E-state index in [1.54, 1.807) is 24.3 Å². The maximum absolute atomic E-state index is 13.5. The van der Waals surface area contributed by atoms with Crippen molar-refractivity contribution in [2.45, 2.75) is 58.1 Å². The minimum atomic E-state index is -0.470. The summed E-state index contributed by atoms with van der Waals surface area (Å²) >= 11 is 1.53. The molecule has 0 aliphatic carbocycles. The van der Waals surface area contributed by atoms with Gasteiger partial charge in [0, 0.05) is 11.1 Å². The smallest absolute Gasteiger partial charge is 0.138 e. The number of thiazole rings is 1. The predicted molar refractivity (Wildman–Crippen MR) is 145 cm³/mol. The normalized spacial score (nSPS) is 20.9. The largest absolute Gasteiger partial charge is 0.374 e. The molecule has 0 bridgehead atoms. The van der Waals surface area contributed by atoms with E-state index in [2.05, 4.69) is 17.1 Å². The van der Waals surface area contributed by atoms with E-state index in [0.717, 1.165) is 27.4 Å². The number of rotatable bonds is 11. The number of hydrogen-bond donors (Lipinski definition) is 0. The van der Waals surface area contributed by atoms with Crippen molar-refractivity contribution in [2.24, 2.45) is 0 Å². The summed E-state index contributed by atoms with van der Waals surface area (Å²) in [6.07, 6.45) is -1.80. The van der Waals surface area contributed by atoms with E-state index < -0.39 is 24.4 Å². The van der Waals surface area contributed by atoms with Crippen LogP contribution in [0.1, 0.15) is 39.1 Å². The molecule has 8 heteroatoms. The van der Waals surface area contributed by atoms with Gasteiger partial charge in [-0.25, -0.2) is 13.8 Å². The Kier molecular flexibility index (Phi) is 9.11. The molecular formula is C31H31F2NO4S. The Hall–Kier alpha value is -3.01. The number of nitrogens with zero attached hydrogens (tertiary/aromatic N) is 1. The van der Waals surface area contributed by atoms with E-state index >= 15 is 0 Å². The highest BCUT2D eigenvalue weighted by molar-refractivity contribution is 7.09. The predicted octanol–water partition coefficient (Wildman–Crippen LogP) is 6.87. The summed E-state index contributed by atoms with van der Waals surface area (Å²) in [5.74, 6) is -0.587. The van der Waals surface area contributed by atoms with Crippen LogP contribution in [-0.4, -0.2) is 29.9 Å². The second-order valence-corrected chi connectivity index (χ2v) is 10.6. The van der Waals surface area contributed by atoms with Crippen molar-refractivity contribution < 1.29 is 27.7 Å². The van der Waals surface area contributed by atoms with E-state index in [1.807, 2.05) is 31.4 Å². The van der Waals surface area contributed by atoms with Gasteiger partial charge in [-0.2, -0.15) is 0 Å². The number of halogens is 2. The number of aromatic nitrogens is 1. The molecule has 3 aromatic carbocycles. The van der Waals surface area contributed by atoms with E-state index in [-0.39, 0.29) is 24.8 Å². The molecule has 0 spiro atoms. The molecule has 4 aromatic rings. The van der Waals surface area contributed by atoms with Gasteiger partial charge in [0.15, 0.2) is 0 Å². The topological polar surface area (TPSA) is 49.8 Å². The lowest BCUT2D eigenvalue weighted by molar-refractivity contribution is -0.0898. The fourth-order valence-electron chi connectivity index (χ4n) is 4.47. The second kappa shape index (κ2) is 12.9. The number of aryl methyl sites for hydroxylation is 2. The van der Waals surface area contributed by atoms with Gasteiger partial charge >= 0.3 is 0 Å². The Morgan fingerprint density at radius 1 is 0.744 bits per heavy atom. The number of ether oxygens (including phenoxy) is 4. The van der Waals surface area contributed by atoms with Gasteiger partial charge in [0.05, 0.1) is 26.4 Å². The van der Waals surface area contributed by atoms with E-state index in [9.17, 15) is 8.78 Å². The minimum absolute atomic E-state index is 0.247. The molecular weight excluding hydrogens is 520 g/mol. The molecule has 204 valence electrons. The molecule has 5 nitrogen and oxygen atoms in total. The van der Waals surface area contributed by atoms with Crippen LogP contribution in [0.25, 0.3) is 0 Å². The molecule has 0 radical (unpaired) electrons. The third-order valence-corrected chi connectivity index (χ3v) is 7.60. The molecule has 4 atom stereocenters. The third-order valence-electron chi connectivity index (χ3n) is 6.57. The zero-order chi connectivity index (χ0) is 27.2. The van der Waals surface area contributed by atoms with Crippen molar-refractivity contribution in [2.75, 3.05) is 6.61 Å². The Bertz CT molecular complexity index is 1330. The van der Waals surface area contributed by atoms with Gasteiger partial charge < -0.3 is 18.9 Å². The highest BCUT2D eigenvalue weighted by atomic mass is 32.1. The lowest BCUT2D eigenvalue weighted by Crippen LogP contribution is -2.37. The lowest BCUT2D eigenvalue weighted by Gasteiger charge is -2.25. The Balaban J connectivity index is 1.35. The van der Waals surface area contributed by atoms with Gasteiger partial charge in [-0.3, -0.25) is 0 Å². The zero-order valence-electron chi connectivity index (χ0n) is 21.9. The molecule has 0 saturated carbocycles. The molecule has 39 heavy (non-hydrogen) atoms. The summed E-state index contributed by atoms with van der Waals surface area (Å²) in [7, 11) is 0. The van der Waals surface area contributed by atoms with Gasteiger partial charge in [-0.15, -0.1) is 11.3 Å². The van der Waals surface area contributed by atoms with Gasteiger partial charge in [-0.05, 0) is 54.8 Å². The zero-order valence-corrected chi connectivity index (χ0v) is 22.7. The molecule has 2 heterocycles. The van der Waals surface area contributed by atoms with Crippen molar-refractivity contribution in [1.82, 2.24) is 4.98 Å². The van der Waals surface area contributed by atoms with Crippen molar-refractivity contribution in [3.8, 4) is 0 Å². The van der Waals surface area contributed by atoms with Crippen LogP contribution in [0.4, 0.5) is 8.78 Å². The summed E-state index contributed by atoms with van der Waals surface area (Å²) < 4.78 is 52.2. The summed E-state index contributed by atoms with van der Waals surface area (Å²) in [6.45, 7) is 5.19. The fraction of sp³-hybridized carbons (Fsp3) is 0.323. The quantitative estimate of drug-likeness (QED) is 0.204. The van der Waals surface area contributed by atoms with Crippen LogP contribution < -0.4 is 0 Å².